The van der Waals surface area contributed by atoms with E-state index in [9.17, 15) is 34.8 Å². The largest absolute Gasteiger partial charge is 1.00 e. The van der Waals surface area contributed by atoms with Crippen molar-refractivity contribution in [2.45, 2.75) is 37.1 Å². The molecule has 0 saturated carbocycles. The molecule has 0 aliphatic carbocycles. The van der Waals surface area contributed by atoms with Crippen LogP contribution in [-0.2, 0) is 69.2 Å². The van der Waals surface area contributed by atoms with Crippen LogP contribution in [-0.4, -0.2) is 102 Å². The second kappa shape index (κ2) is 15.5. The van der Waals surface area contributed by atoms with E-state index in [2.05, 4.69) is 23.2 Å². The summed E-state index contributed by atoms with van der Waals surface area (Å²) in [6.07, 6.45) is -11.0. The summed E-state index contributed by atoms with van der Waals surface area (Å²) < 4.78 is 118. The van der Waals surface area contributed by atoms with Crippen molar-refractivity contribution in [3.05, 3.63) is 34.9 Å². The van der Waals surface area contributed by atoms with E-state index in [1.807, 2.05) is 0 Å². The fourth-order valence-corrected chi connectivity index (χ4v) is 5.04. The van der Waals surface area contributed by atoms with E-state index in [0.29, 0.717) is 10.6 Å². The number of rotatable bonds is 13. The van der Waals surface area contributed by atoms with Crippen molar-refractivity contribution in [2.75, 3.05) is 20.2 Å². The SMILES string of the molecule is CO[C@H]1O[C@H](CNC(=O)CNC(=O)Cc2cccc(Cl)c2)[C@@H](OS(=O)(=O)O)[C@H](OS(=O)(=O)O)[C@@H]1OS(=O)(=O)O.[Na+]. The number of benzene rings is 1. The fraction of sp³-hybridized carbons (Fsp3) is 0.529. The molecule has 0 radical (unpaired) electrons. The molecular formula is C17H23ClN2NaO16S3+. The van der Waals surface area contributed by atoms with Gasteiger partial charge >= 0.3 is 60.8 Å². The van der Waals surface area contributed by atoms with Gasteiger partial charge in [0.25, 0.3) is 0 Å². The van der Waals surface area contributed by atoms with Gasteiger partial charge in [-0.05, 0) is 17.7 Å². The third-order valence-corrected chi connectivity index (χ3v) is 6.35. The maximum Gasteiger partial charge on any atom is 1.00 e. The van der Waals surface area contributed by atoms with E-state index in [-0.39, 0.29) is 36.0 Å². The Bertz CT molecular complexity index is 1360. The summed E-state index contributed by atoms with van der Waals surface area (Å²) >= 11 is 5.84. The van der Waals surface area contributed by atoms with Crippen LogP contribution in [0.2, 0.25) is 5.02 Å². The van der Waals surface area contributed by atoms with Crippen molar-refractivity contribution < 1.29 is 100 Å². The molecule has 18 nitrogen and oxygen atoms in total. The Labute approximate surface area is 256 Å². The van der Waals surface area contributed by atoms with Gasteiger partial charge in [0.05, 0.1) is 13.0 Å². The summed E-state index contributed by atoms with van der Waals surface area (Å²) in [6.45, 7) is -1.34. The number of hydrogen-bond acceptors (Lipinski definition) is 13. The molecule has 2 amide bonds. The Morgan fingerprint density at radius 3 is 1.98 bits per heavy atom. The molecule has 40 heavy (non-hydrogen) atoms. The maximum absolute atomic E-state index is 12.3. The van der Waals surface area contributed by atoms with Crippen LogP contribution in [0.4, 0.5) is 0 Å². The van der Waals surface area contributed by atoms with Crippen molar-refractivity contribution in [3.63, 3.8) is 0 Å². The Balaban J connectivity index is 0.00000800. The van der Waals surface area contributed by atoms with Gasteiger partial charge in [-0.2, -0.15) is 25.3 Å². The average molecular weight is 666 g/mol. The molecular weight excluding hydrogens is 643 g/mol. The molecule has 0 aromatic heterocycles. The Kier molecular flexibility index (Phi) is 14.3. The molecule has 1 aliphatic heterocycles. The van der Waals surface area contributed by atoms with E-state index in [1.54, 1.807) is 18.2 Å². The third-order valence-electron chi connectivity index (χ3n) is 4.72. The first-order chi connectivity index (χ1) is 17.9. The van der Waals surface area contributed by atoms with Crippen LogP contribution in [0.25, 0.3) is 0 Å². The molecule has 1 aromatic rings. The van der Waals surface area contributed by atoms with Gasteiger partial charge in [0.1, 0.15) is 18.3 Å². The number of methoxy groups -OCH3 is 1. The Morgan fingerprint density at radius 1 is 0.900 bits per heavy atom. The number of ether oxygens (including phenoxy) is 2. The van der Waals surface area contributed by atoms with Crippen molar-refractivity contribution in [1.82, 2.24) is 10.6 Å². The van der Waals surface area contributed by atoms with Gasteiger partial charge in [-0.1, -0.05) is 23.7 Å². The monoisotopic (exact) mass is 665 g/mol. The normalized spacial score (nSPS) is 23.6. The minimum Gasteiger partial charge on any atom is -0.353 e. The Hall–Kier alpha value is -1.02. The first-order valence-electron chi connectivity index (χ1n) is 10.3. The van der Waals surface area contributed by atoms with Gasteiger partial charge < -0.3 is 20.1 Å². The molecule has 5 atom stereocenters. The number of amides is 2. The molecule has 0 spiro atoms. The molecule has 1 saturated heterocycles. The predicted molar refractivity (Wildman–Crippen MR) is 126 cm³/mol. The minimum absolute atomic E-state index is 0. The molecule has 1 heterocycles. The molecule has 23 heteroatoms. The van der Waals surface area contributed by atoms with E-state index in [1.165, 1.54) is 6.07 Å². The van der Waals surface area contributed by atoms with Crippen LogP contribution in [0.5, 0.6) is 0 Å². The molecule has 1 aromatic carbocycles. The summed E-state index contributed by atoms with van der Waals surface area (Å²) in [4.78, 5) is 24.3. The fourth-order valence-electron chi connectivity index (χ4n) is 3.33. The zero-order chi connectivity index (χ0) is 29.6. The Morgan fingerprint density at radius 2 is 1.45 bits per heavy atom. The van der Waals surface area contributed by atoms with Gasteiger partial charge in [-0.15, -0.1) is 0 Å². The number of carbonyl (C=O) groups is 2. The van der Waals surface area contributed by atoms with E-state index >= 15 is 0 Å². The first kappa shape index (κ1) is 37.0. The second-order valence-electron chi connectivity index (χ2n) is 7.63. The minimum atomic E-state index is -5.50. The summed E-state index contributed by atoms with van der Waals surface area (Å²) in [6, 6.07) is 6.37. The van der Waals surface area contributed by atoms with Gasteiger partial charge in [0, 0.05) is 18.7 Å². The van der Waals surface area contributed by atoms with E-state index in [4.69, 9.17) is 34.7 Å². The zero-order valence-electron chi connectivity index (χ0n) is 20.6. The van der Waals surface area contributed by atoms with Gasteiger partial charge in [-0.3, -0.25) is 23.2 Å². The number of halogens is 1. The molecule has 0 bridgehead atoms. The average Bonchev–Trinajstić information content (AvgIpc) is 2.76. The summed E-state index contributed by atoms with van der Waals surface area (Å²) in [5, 5.41) is 4.89. The van der Waals surface area contributed by atoms with Gasteiger partial charge in [0.15, 0.2) is 12.4 Å². The zero-order valence-corrected chi connectivity index (χ0v) is 25.8. The molecule has 2 rings (SSSR count). The van der Waals surface area contributed by atoms with Crippen LogP contribution in [0.3, 0.4) is 0 Å². The van der Waals surface area contributed by atoms with Crippen LogP contribution < -0.4 is 40.2 Å². The van der Waals surface area contributed by atoms with Crippen molar-refractivity contribution in [1.29, 1.82) is 0 Å². The van der Waals surface area contributed by atoms with Crippen molar-refractivity contribution in [2.24, 2.45) is 0 Å². The summed E-state index contributed by atoms with van der Waals surface area (Å²) in [5.41, 5.74) is 0.554. The van der Waals surface area contributed by atoms with E-state index < -0.39 is 86.8 Å². The molecule has 1 aliphatic rings. The quantitative estimate of drug-likeness (QED) is 0.0975. The topological polar surface area (TPSA) is 267 Å². The van der Waals surface area contributed by atoms with Crippen LogP contribution in [0.1, 0.15) is 5.56 Å². The summed E-state index contributed by atoms with van der Waals surface area (Å²) in [5.74, 6) is -1.44. The van der Waals surface area contributed by atoms with Crippen LogP contribution in [0, 0.1) is 0 Å². The van der Waals surface area contributed by atoms with E-state index in [0.717, 1.165) is 7.11 Å². The maximum atomic E-state index is 12.3. The van der Waals surface area contributed by atoms with Gasteiger partial charge in [0.2, 0.25) is 11.8 Å². The number of hydrogen-bond donors (Lipinski definition) is 5. The number of nitrogens with one attached hydrogen (secondary N) is 2. The standard InChI is InChI=1S/C17H23ClN2O16S3.Na/c1-32-17-16(36-39(29,30)31)15(35-38(26,27)28)14(34-37(23,24)25)11(33-17)7-19-13(22)8-20-12(21)6-9-3-2-4-10(18)5-9;/h2-5,11,14-17H,6-8H2,1H3,(H,19,22)(H,20,21)(H,23,24,25)(H,26,27,28)(H,29,30,31);/q;+1/t11-,14-,15+,16+,17+;/m1./s1. The number of carbonyl (C=O) groups excluding carboxylic acids is 2. The molecule has 222 valence electrons. The smallest absolute Gasteiger partial charge is 0.353 e. The second-order valence-corrected chi connectivity index (χ2v) is 11.2. The summed E-state index contributed by atoms with van der Waals surface area (Å²) in [7, 11) is -15.5. The first-order valence-corrected chi connectivity index (χ1v) is 14.8. The molecule has 1 fully saturated rings. The van der Waals surface area contributed by atoms with Crippen molar-refractivity contribution >= 4 is 54.6 Å². The van der Waals surface area contributed by atoms with Gasteiger partial charge in [-0.25, -0.2) is 12.5 Å². The van der Waals surface area contributed by atoms with Crippen LogP contribution >= 0.6 is 11.6 Å². The molecule has 0 unspecified atom stereocenters. The predicted octanol–water partition coefficient (Wildman–Crippen LogP) is -4.95. The molecule has 5 N–H and O–H groups in total. The van der Waals surface area contributed by atoms with Crippen molar-refractivity contribution in [3.8, 4) is 0 Å². The van der Waals surface area contributed by atoms with Crippen LogP contribution in [0.15, 0.2) is 24.3 Å². The third kappa shape index (κ3) is 13.3.